The van der Waals surface area contributed by atoms with E-state index in [4.69, 9.17) is 5.73 Å². The third-order valence-electron chi connectivity index (χ3n) is 3.96. The number of pyridine rings is 1. The zero-order valence-electron chi connectivity index (χ0n) is 10.7. The summed E-state index contributed by atoms with van der Waals surface area (Å²) in [6.07, 6.45) is 5.59. The van der Waals surface area contributed by atoms with Crippen LogP contribution in [0, 0.1) is 5.92 Å². The molecule has 0 bridgehead atoms. The monoisotopic (exact) mass is 245 g/mol. The number of fused-ring (bicyclic) bond motifs is 1. The fraction of sp³-hybridized carbons (Fsp3) is 0.538. The van der Waals surface area contributed by atoms with E-state index < -0.39 is 0 Å². The van der Waals surface area contributed by atoms with Crippen LogP contribution in [0.1, 0.15) is 19.3 Å². The SMILES string of the molecule is CN(c1nc2ccccn2n1)C1CCCC1CN. The normalized spacial score (nSPS) is 23.7. The molecular weight excluding hydrogens is 226 g/mol. The van der Waals surface area contributed by atoms with Gasteiger partial charge < -0.3 is 10.6 Å². The van der Waals surface area contributed by atoms with E-state index in [-0.39, 0.29) is 0 Å². The molecule has 0 aliphatic heterocycles. The van der Waals surface area contributed by atoms with E-state index in [1.807, 2.05) is 28.9 Å². The smallest absolute Gasteiger partial charge is 0.245 e. The summed E-state index contributed by atoms with van der Waals surface area (Å²) >= 11 is 0. The molecule has 18 heavy (non-hydrogen) atoms. The van der Waals surface area contributed by atoms with Crippen molar-refractivity contribution < 1.29 is 0 Å². The topological polar surface area (TPSA) is 59.5 Å². The molecule has 0 aromatic carbocycles. The van der Waals surface area contributed by atoms with E-state index in [1.54, 1.807) is 0 Å². The van der Waals surface area contributed by atoms with Crippen molar-refractivity contribution in [3.63, 3.8) is 0 Å². The van der Waals surface area contributed by atoms with E-state index in [9.17, 15) is 0 Å². The molecule has 2 aromatic rings. The highest BCUT2D eigenvalue weighted by molar-refractivity contribution is 5.44. The van der Waals surface area contributed by atoms with Gasteiger partial charge in [-0.25, -0.2) is 4.52 Å². The van der Waals surface area contributed by atoms with Crippen molar-refractivity contribution in [1.29, 1.82) is 0 Å². The first-order valence-electron chi connectivity index (χ1n) is 6.54. The first-order chi connectivity index (χ1) is 8.79. The van der Waals surface area contributed by atoms with Gasteiger partial charge in [0.25, 0.3) is 0 Å². The summed E-state index contributed by atoms with van der Waals surface area (Å²) in [6, 6.07) is 6.39. The zero-order valence-corrected chi connectivity index (χ0v) is 10.7. The predicted octanol–water partition coefficient (Wildman–Crippen LogP) is 1.29. The minimum Gasteiger partial charge on any atom is -0.339 e. The van der Waals surface area contributed by atoms with Crippen LogP contribution in [0.4, 0.5) is 5.95 Å². The summed E-state index contributed by atoms with van der Waals surface area (Å²) in [5.41, 5.74) is 6.73. The van der Waals surface area contributed by atoms with Gasteiger partial charge in [-0.2, -0.15) is 4.98 Å². The quantitative estimate of drug-likeness (QED) is 0.885. The van der Waals surface area contributed by atoms with Gasteiger partial charge in [0.05, 0.1) is 0 Å². The maximum absolute atomic E-state index is 5.84. The Bertz CT molecular complexity index is 502. The standard InChI is InChI=1S/C13H19N5/c1-17(11-6-4-5-10(11)9-14)13-15-12-7-2-3-8-18(12)16-13/h2-3,7-8,10-11H,4-6,9,14H2,1H3. The second-order valence-electron chi connectivity index (χ2n) is 5.02. The number of hydrogen-bond donors (Lipinski definition) is 1. The van der Waals surface area contributed by atoms with Crippen molar-refractivity contribution in [2.45, 2.75) is 25.3 Å². The van der Waals surface area contributed by atoms with Gasteiger partial charge in [0.1, 0.15) is 0 Å². The summed E-state index contributed by atoms with van der Waals surface area (Å²) in [7, 11) is 2.08. The molecule has 0 radical (unpaired) electrons. The number of nitrogens with zero attached hydrogens (tertiary/aromatic N) is 4. The van der Waals surface area contributed by atoms with Gasteiger partial charge in [-0.3, -0.25) is 0 Å². The molecule has 2 unspecified atom stereocenters. The van der Waals surface area contributed by atoms with Crippen LogP contribution in [0.3, 0.4) is 0 Å². The molecule has 2 heterocycles. The third kappa shape index (κ3) is 1.84. The summed E-state index contributed by atoms with van der Waals surface area (Å²) < 4.78 is 1.82. The van der Waals surface area contributed by atoms with Gasteiger partial charge in [-0.05, 0) is 37.4 Å². The molecule has 0 amide bonds. The predicted molar refractivity (Wildman–Crippen MR) is 71.6 cm³/mol. The van der Waals surface area contributed by atoms with Crippen LogP contribution >= 0.6 is 0 Å². The maximum Gasteiger partial charge on any atom is 0.245 e. The fourth-order valence-electron chi connectivity index (χ4n) is 2.92. The third-order valence-corrected chi connectivity index (χ3v) is 3.96. The molecule has 2 aromatic heterocycles. The highest BCUT2D eigenvalue weighted by Crippen LogP contribution is 2.30. The van der Waals surface area contributed by atoms with E-state index in [0.29, 0.717) is 12.0 Å². The highest BCUT2D eigenvalue weighted by Gasteiger charge is 2.31. The molecule has 1 fully saturated rings. The Morgan fingerprint density at radius 1 is 1.44 bits per heavy atom. The van der Waals surface area contributed by atoms with Crippen LogP contribution in [-0.4, -0.2) is 34.2 Å². The van der Waals surface area contributed by atoms with Crippen molar-refractivity contribution in [1.82, 2.24) is 14.6 Å². The van der Waals surface area contributed by atoms with Crippen molar-refractivity contribution >= 4 is 11.6 Å². The van der Waals surface area contributed by atoms with E-state index in [2.05, 4.69) is 22.0 Å². The maximum atomic E-state index is 5.84. The minimum atomic E-state index is 0.479. The molecular formula is C13H19N5. The summed E-state index contributed by atoms with van der Waals surface area (Å²) in [5, 5.41) is 4.52. The van der Waals surface area contributed by atoms with E-state index >= 15 is 0 Å². The molecule has 0 spiro atoms. The molecule has 96 valence electrons. The van der Waals surface area contributed by atoms with E-state index in [0.717, 1.165) is 18.1 Å². The second kappa shape index (κ2) is 4.57. The Hall–Kier alpha value is -1.62. The second-order valence-corrected chi connectivity index (χ2v) is 5.02. The molecule has 1 aliphatic carbocycles. The van der Waals surface area contributed by atoms with Gasteiger partial charge in [0.2, 0.25) is 5.95 Å². The Balaban J connectivity index is 1.89. The average Bonchev–Trinajstić information content (AvgIpc) is 3.03. The van der Waals surface area contributed by atoms with Crippen LogP contribution in [0.5, 0.6) is 0 Å². The van der Waals surface area contributed by atoms with Crippen molar-refractivity contribution in [2.75, 3.05) is 18.5 Å². The van der Waals surface area contributed by atoms with Gasteiger partial charge >= 0.3 is 0 Å². The zero-order chi connectivity index (χ0) is 12.5. The Labute approximate surface area is 107 Å². The molecule has 5 nitrogen and oxygen atoms in total. The molecule has 2 atom stereocenters. The van der Waals surface area contributed by atoms with Crippen molar-refractivity contribution in [3.8, 4) is 0 Å². The number of rotatable bonds is 3. The minimum absolute atomic E-state index is 0.479. The fourth-order valence-corrected chi connectivity index (χ4v) is 2.92. The van der Waals surface area contributed by atoms with Gasteiger partial charge in [0.15, 0.2) is 5.65 Å². The van der Waals surface area contributed by atoms with E-state index in [1.165, 1.54) is 19.3 Å². The largest absolute Gasteiger partial charge is 0.339 e. The highest BCUT2D eigenvalue weighted by atomic mass is 15.4. The number of anilines is 1. The number of hydrogen-bond acceptors (Lipinski definition) is 4. The Kier molecular flexibility index (Phi) is 2.91. The average molecular weight is 245 g/mol. The van der Waals surface area contributed by atoms with Crippen LogP contribution in [-0.2, 0) is 0 Å². The first kappa shape index (κ1) is 11.5. The molecule has 0 saturated heterocycles. The molecule has 1 aliphatic rings. The van der Waals surface area contributed by atoms with Gasteiger partial charge in [-0.15, -0.1) is 5.10 Å². The van der Waals surface area contributed by atoms with Crippen molar-refractivity contribution in [3.05, 3.63) is 24.4 Å². The lowest BCUT2D eigenvalue weighted by Gasteiger charge is -2.27. The molecule has 5 heteroatoms. The molecule has 2 N–H and O–H groups in total. The van der Waals surface area contributed by atoms with Crippen LogP contribution < -0.4 is 10.6 Å². The summed E-state index contributed by atoms with van der Waals surface area (Å²) in [5.74, 6) is 1.37. The Morgan fingerprint density at radius 2 is 2.33 bits per heavy atom. The summed E-state index contributed by atoms with van der Waals surface area (Å²) in [4.78, 5) is 6.75. The van der Waals surface area contributed by atoms with Gasteiger partial charge in [-0.1, -0.05) is 12.5 Å². The lowest BCUT2D eigenvalue weighted by molar-refractivity contribution is 0.469. The van der Waals surface area contributed by atoms with Crippen molar-refractivity contribution in [2.24, 2.45) is 11.7 Å². The van der Waals surface area contributed by atoms with Crippen LogP contribution in [0.25, 0.3) is 5.65 Å². The van der Waals surface area contributed by atoms with Gasteiger partial charge in [0, 0.05) is 19.3 Å². The number of nitrogens with two attached hydrogens (primary N) is 1. The first-order valence-corrected chi connectivity index (χ1v) is 6.54. The molecule has 1 saturated carbocycles. The number of aromatic nitrogens is 3. The Morgan fingerprint density at radius 3 is 3.11 bits per heavy atom. The molecule has 3 rings (SSSR count). The lowest BCUT2D eigenvalue weighted by atomic mass is 10.0. The van der Waals surface area contributed by atoms with Crippen LogP contribution in [0.15, 0.2) is 24.4 Å². The summed E-state index contributed by atoms with van der Waals surface area (Å²) in [6.45, 7) is 0.752. The lowest BCUT2D eigenvalue weighted by Crippen LogP contribution is -2.38. The van der Waals surface area contributed by atoms with Crippen LogP contribution in [0.2, 0.25) is 0 Å².